The van der Waals surface area contributed by atoms with Gasteiger partial charge in [0.25, 0.3) is 0 Å². The minimum atomic E-state index is -4.48. The van der Waals surface area contributed by atoms with Gasteiger partial charge >= 0.3 is 17.9 Å². The zero-order chi connectivity index (χ0) is 21.3. The number of rotatable bonds is 5. The predicted octanol–water partition coefficient (Wildman–Crippen LogP) is 5.24. The Morgan fingerprint density at radius 2 is 1.67 bits per heavy atom. The first-order valence-electron chi connectivity index (χ1n) is 8.42. The minimum absolute atomic E-state index is 0.0207. The molecule has 0 saturated carbocycles. The van der Waals surface area contributed by atoms with Crippen LogP contribution in [-0.4, -0.2) is 19.3 Å². The molecule has 0 bridgehead atoms. The van der Waals surface area contributed by atoms with E-state index in [1.807, 2.05) is 0 Å². The molecule has 0 aliphatic heterocycles. The second-order valence-electron chi connectivity index (χ2n) is 5.98. The minimum Gasteiger partial charge on any atom is -0.439 e. The van der Waals surface area contributed by atoms with E-state index in [0.717, 1.165) is 12.1 Å². The van der Waals surface area contributed by atoms with E-state index in [9.17, 15) is 23.3 Å². The van der Waals surface area contributed by atoms with Crippen molar-refractivity contribution in [3.63, 3.8) is 0 Å². The third-order valence-electron chi connectivity index (χ3n) is 3.97. The molecule has 0 aliphatic rings. The number of hydrogen-bond acceptors (Lipinski definition) is 6. The SMILES string of the molecule is O=[N+]([O-])c1c(Oc2ccc(Oc3ccc(C(F)(F)F)cn3)cc2)nc2ccccn12. The summed E-state index contributed by atoms with van der Waals surface area (Å²) in [6.07, 6.45) is -2.30. The quantitative estimate of drug-likeness (QED) is 0.326. The molecule has 3 heterocycles. The summed E-state index contributed by atoms with van der Waals surface area (Å²) in [7, 11) is 0. The van der Waals surface area contributed by atoms with Crippen LogP contribution in [0.2, 0.25) is 0 Å². The summed E-state index contributed by atoms with van der Waals surface area (Å²) in [6, 6.07) is 12.8. The van der Waals surface area contributed by atoms with Gasteiger partial charge in [0, 0.05) is 18.3 Å². The van der Waals surface area contributed by atoms with Crippen molar-refractivity contribution in [1.82, 2.24) is 14.4 Å². The van der Waals surface area contributed by atoms with Crippen LogP contribution in [0.3, 0.4) is 0 Å². The highest BCUT2D eigenvalue weighted by Gasteiger charge is 2.30. The number of benzene rings is 1. The van der Waals surface area contributed by atoms with Gasteiger partial charge in [0.15, 0.2) is 0 Å². The molecule has 4 rings (SSSR count). The number of nitrogens with zero attached hydrogens (tertiary/aromatic N) is 4. The molecular weight excluding hydrogens is 405 g/mol. The molecule has 0 aliphatic carbocycles. The van der Waals surface area contributed by atoms with Gasteiger partial charge in [0.2, 0.25) is 11.5 Å². The lowest BCUT2D eigenvalue weighted by Gasteiger charge is -2.08. The Hall–Kier alpha value is -4.15. The van der Waals surface area contributed by atoms with Crippen LogP contribution in [0.25, 0.3) is 5.65 Å². The van der Waals surface area contributed by atoms with Gasteiger partial charge in [0.05, 0.1) is 11.8 Å². The van der Waals surface area contributed by atoms with Crippen molar-refractivity contribution in [2.75, 3.05) is 0 Å². The number of aromatic nitrogens is 3. The number of pyridine rings is 2. The zero-order valence-corrected chi connectivity index (χ0v) is 14.9. The van der Waals surface area contributed by atoms with Gasteiger partial charge in [-0.1, -0.05) is 6.07 Å². The lowest BCUT2D eigenvalue weighted by molar-refractivity contribution is -0.391. The highest BCUT2D eigenvalue weighted by atomic mass is 19.4. The highest BCUT2D eigenvalue weighted by molar-refractivity contribution is 5.53. The summed E-state index contributed by atoms with van der Waals surface area (Å²) in [5.41, 5.74) is -0.528. The van der Waals surface area contributed by atoms with Crippen LogP contribution < -0.4 is 9.47 Å². The normalized spacial score (nSPS) is 11.4. The monoisotopic (exact) mass is 416 g/mol. The topological polar surface area (TPSA) is 91.8 Å². The van der Waals surface area contributed by atoms with Crippen molar-refractivity contribution >= 4 is 11.5 Å². The van der Waals surface area contributed by atoms with Crippen LogP contribution >= 0.6 is 0 Å². The van der Waals surface area contributed by atoms with Crippen LogP contribution in [0, 0.1) is 10.1 Å². The van der Waals surface area contributed by atoms with Crippen molar-refractivity contribution in [3.8, 4) is 23.3 Å². The number of imidazole rings is 1. The van der Waals surface area contributed by atoms with E-state index >= 15 is 0 Å². The van der Waals surface area contributed by atoms with Gasteiger partial charge in [-0.15, -0.1) is 0 Å². The van der Waals surface area contributed by atoms with E-state index in [-0.39, 0.29) is 23.3 Å². The number of halogens is 3. The average Bonchev–Trinajstić information content (AvgIpc) is 3.07. The second kappa shape index (κ2) is 7.35. The molecule has 152 valence electrons. The Morgan fingerprint density at radius 1 is 0.967 bits per heavy atom. The zero-order valence-electron chi connectivity index (χ0n) is 14.9. The van der Waals surface area contributed by atoms with E-state index < -0.39 is 16.7 Å². The third kappa shape index (κ3) is 3.85. The Kier molecular flexibility index (Phi) is 4.70. The van der Waals surface area contributed by atoms with Crippen molar-refractivity contribution in [3.05, 3.63) is 82.7 Å². The van der Waals surface area contributed by atoms with Crippen LogP contribution in [0.1, 0.15) is 5.56 Å². The van der Waals surface area contributed by atoms with Crippen LogP contribution in [0.5, 0.6) is 23.3 Å². The standard InChI is InChI=1S/C19H11F3N4O4/c20-19(21,22)12-4-9-16(23-11-12)29-13-5-7-14(8-6-13)30-17-18(26(27)28)25-10-2-1-3-15(25)24-17/h1-11H. The van der Waals surface area contributed by atoms with Crippen molar-refractivity contribution in [2.24, 2.45) is 0 Å². The van der Waals surface area contributed by atoms with E-state index in [1.165, 1.54) is 34.9 Å². The van der Waals surface area contributed by atoms with Crippen LogP contribution in [0.4, 0.5) is 19.0 Å². The van der Waals surface area contributed by atoms with Gasteiger partial charge in [0.1, 0.15) is 11.5 Å². The summed E-state index contributed by atoms with van der Waals surface area (Å²) in [5.74, 6) is 0.0326. The molecule has 11 heteroatoms. The molecule has 0 fully saturated rings. The number of nitro groups is 1. The predicted molar refractivity (Wildman–Crippen MR) is 97.7 cm³/mol. The van der Waals surface area contributed by atoms with Crippen LogP contribution in [0.15, 0.2) is 67.0 Å². The van der Waals surface area contributed by atoms with E-state index in [4.69, 9.17) is 9.47 Å². The summed E-state index contributed by atoms with van der Waals surface area (Å²) in [5, 5.41) is 11.4. The highest BCUT2D eigenvalue weighted by Crippen LogP contribution is 2.33. The molecule has 3 aromatic heterocycles. The summed E-state index contributed by atoms with van der Waals surface area (Å²) >= 11 is 0. The first-order chi connectivity index (χ1) is 14.3. The molecular formula is C19H11F3N4O4. The van der Waals surface area contributed by atoms with Gasteiger partial charge in [-0.3, -0.25) is 0 Å². The maximum absolute atomic E-state index is 12.6. The maximum Gasteiger partial charge on any atom is 0.417 e. The van der Waals surface area contributed by atoms with Gasteiger partial charge in [-0.25, -0.2) is 4.98 Å². The van der Waals surface area contributed by atoms with E-state index in [0.29, 0.717) is 17.6 Å². The summed E-state index contributed by atoms with van der Waals surface area (Å²) < 4.78 is 50.0. The van der Waals surface area contributed by atoms with E-state index in [1.54, 1.807) is 18.2 Å². The smallest absolute Gasteiger partial charge is 0.417 e. The number of hydrogen-bond donors (Lipinski definition) is 0. The largest absolute Gasteiger partial charge is 0.439 e. The third-order valence-corrected chi connectivity index (χ3v) is 3.97. The Morgan fingerprint density at radius 3 is 2.27 bits per heavy atom. The molecule has 4 aromatic rings. The average molecular weight is 416 g/mol. The van der Waals surface area contributed by atoms with Crippen molar-refractivity contribution in [1.29, 1.82) is 0 Å². The molecule has 0 atom stereocenters. The number of fused-ring (bicyclic) bond motifs is 1. The Labute approximate surface area is 166 Å². The molecule has 0 saturated heterocycles. The molecule has 30 heavy (non-hydrogen) atoms. The molecule has 8 nitrogen and oxygen atoms in total. The summed E-state index contributed by atoms with van der Waals surface area (Å²) in [6.45, 7) is 0. The van der Waals surface area contributed by atoms with Gasteiger partial charge in [-0.2, -0.15) is 22.6 Å². The Bertz CT molecular complexity index is 1210. The molecule has 0 spiro atoms. The molecule has 1 aromatic carbocycles. The van der Waals surface area contributed by atoms with Crippen LogP contribution in [-0.2, 0) is 6.18 Å². The number of ether oxygens (including phenoxy) is 2. The second-order valence-corrected chi connectivity index (χ2v) is 5.98. The van der Waals surface area contributed by atoms with Crippen molar-refractivity contribution < 1.29 is 27.6 Å². The van der Waals surface area contributed by atoms with Crippen molar-refractivity contribution in [2.45, 2.75) is 6.18 Å². The lowest BCUT2D eigenvalue weighted by Crippen LogP contribution is -2.05. The molecule has 0 unspecified atom stereocenters. The van der Waals surface area contributed by atoms with Gasteiger partial charge in [-0.05, 0) is 41.3 Å². The first kappa shape index (κ1) is 19.2. The maximum atomic E-state index is 12.6. The Balaban J connectivity index is 1.51. The first-order valence-corrected chi connectivity index (χ1v) is 8.42. The molecule has 0 N–H and O–H groups in total. The fourth-order valence-electron chi connectivity index (χ4n) is 2.61. The molecule has 0 radical (unpaired) electrons. The van der Waals surface area contributed by atoms with E-state index in [2.05, 4.69) is 9.97 Å². The lowest BCUT2D eigenvalue weighted by atomic mass is 10.3. The van der Waals surface area contributed by atoms with Gasteiger partial charge < -0.3 is 19.6 Å². The fourth-order valence-corrected chi connectivity index (χ4v) is 2.61. The molecule has 0 amide bonds. The fraction of sp³-hybridized carbons (Fsp3) is 0.0526. The number of alkyl halides is 3. The summed E-state index contributed by atoms with van der Waals surface area (Å²) in [4.78, 5) is 18.5.